The number of fused-ring (bicyclic) bond motifs is 1. The fourth-order valence-electron chi connectivity index (χ4n) is 5.85. The van der Waals surface area contributed by atoms with Crippen molar-refractivity contribution >= 4 is 29.2 Å². The van der Waals surface area contributed by atoms with E-state index in [-0.39, 0.29) is 48.3 Å². The fourth-order valence-corrected chi connectivity index (χ4v) is 5.85. The Morgan fingerprint density at radius 1 is 1.00 bits per heavy atom. The summed E-state index contributed by atoms with van der Waals surface area (Å²) in [6.07, 6.45) is 0.0894. The van der Waals surface area contributed by atoms with Gasteiger partial charge >= 0.3 is 0 Å². The Balaban J connectivity index is 1.44. The van der Waals surface area contributed by atoms with E-state index in [2.05, 4.69) is 10.2 Å². The SMILES string of the molecule is CC(C)CC(O)C(=O)C1CC(=O)N2C1CCN2C(=O)C(CC(C)C)NC(=O)c1ccc(N2CCOCC2)cc1. The van der Waals surface area contributed by atoms with Crippen LogP contribution in [0.2, 0.25) is 0 Å². The zero-order valence-corrected chi connectivity index (χ0v) is 23.5. The van der Waals surface area contributed by atoms with Crippen LogP contribution in [-0.4, -0.2) is 89.7 Å². The Labute approximate surface area is 230 Å². The zero-order chi connectivity index (χ0) is 28.3. The first-order chi connectivity index (χ1) is 18.6. The van der Waals surface area contributed by atoms with Crippen molar-refractivity contribution in [2.24, 2.45) is 17.8 Å². The van der Waals surface area contributed by atoms with Gasteiger partial charge in [0.2, 0.25) is 5.91 Å². The second-order valence-electron chi connectivity index (χ2n) is 11.7. The number of carbonyl (C=O) groups is 4. The number of rotatable bonds is 10. The topological polar surface area (TPSA) is 119 Å². The predicted molar refractivity (Wildman–Crippen MR) is 146 cm³/mol. The number of benzene rings is 1. The Morgan fingerprint density at radius 3 is 2.26 bits per heavy atom. The van der Waals surface area contributed by atoms with Crippen LogP contribution in [-0.2, 0) is 19.1 Å². The summed E-state index contributed by atoms with van der Waals surface area (Å²) in [5.41, 5.74) is 1.47. The molecule has 0 bridgehead atoms. The molecular weight excluding hydrogens is 500 g/mol. The van der Waals surface area contributed by atoms with E-state index in [4.69, 9.17) is 4.74 Å². The standard InChI is InChI=1S/C29H42N4O6/c1-18(2)15-23(30-28(37)20-5-7-21(8-6-20)31-11-13-39-14-12-31)29(38)32-10-9-24-22(17-26(35)33(24)32)27(36)25(34)16-19(3)4/h5-8,18-19,22-25,34H,9-17H2,1-4H3,(H,30,37). The normalized spacial score (nSPS) is 22.8. The van der Waals surface area contributed by atoms with E-state index in [1.54, 1.807) is 12.1 Å². The highest BCUT2D eigenvalue weighted by Crippen LogP contribution is 2.36. The van der Waals surface area contributed by atoms with Gasteiger partial charge in [-0.05, 0) is 55.4 Å². The van der Waals surface area contributed by atoms with Gasteiger partial charge < -0.3 is 20.1 Å². The summed E-state index contributed by atoms with van der Waals surface area (Å²) in [6.45, 7) is 11.0. The highest BCUT2D eigenvalue weighted by Gasteiger charge is 2.52. The lowest BCUT2D eigenvalue weighted by atomic mass is 9.88. The van der Waals surface area contributed by atoms with Crippen molar-refractivity contribution in [2.45, 2.75) is 71.6 Å². The van der Waals surface area contributed by atoms with Crippen molar-refractivity contribution in [3.05, 3.63) is 29.8 Å². The lowest BCUT2D eigenvalue weighted by Gasteiger charge is -2.32. The van der Waals surface area contributed by atoms with E-state index in [0.717, 1.165) is 18.8 Å². The van der Waals surface area contributed by atoms with Crippen molar-refractivity contribution in [3.63, 3.8) is 0 Å². The number of ether oxygens (including phenoxy) is 1. The summed E-state index contributed by atoms with van der Waals surface area (Å²) in [4.78, 5) is 55.0. The maximum Gasteiger partial charge on any atom is 0.263 e. The summed E-state index contributed by atoms with van der Waals surface area (Å²) in [5, 5.41) is 16.1. The fraction of sp³-hybridized carbons (Fsp3) is 0.655. The molecule has 3 heterocycles. The molecule has 4 rings (SSSR count). The third-order valence-electron chi connectivity index (χ3n) is 7.78. The average molecular weight is 543 g/mol. The summed E-state index contributed by atoms with van der Waals surface area (Å²) in [7, 11) is 0. The molecule has 3 saturated heterocycles. The third-order valence-corrected chi connectivity index (χ3v) is 7.78. The van der Waals surface area contributed by atoms with Gasteiger partial charge in [0.25, 0.3) is 11.8 Å². The minimum absolute atomic E-state index is 0.0147. The quantitative estimate of drug-likeness (QED) is 0.464. The van der Waals surface area contributed by atoms with Crippen molar-refractivity contribution in [2.75, 3.05) is 37.7 Å². The van der Waals surface area contributed by atoms with Crippen molar-refractivity contribution in [3.8, 4) is 0 Å². The molecular formula is C29H42N4O6. The number of nitrogens with one attached hydrogen (secondary N) is 1. The van der Waals surface area contributed by atoms with Gasteiger partial charge in [0.05, 0.1) is 25.2 Å². The van der Waals surface area contributed by atoms with Crippen molar-refractivity contribution in [1.82, 2.24) is 15.3 Å². The van der Waals surface area contributed by atoms with E-state index in [1.807, 2.05) is 39.8 Å². The summed E-state index contributed by atoms with van der Waals surface area (Å²) < 4.78 is 5.40. The lowest BCUT2D eigenvalue weighted by Crippen LogP contribution is -2.54. The highest BCUT2D eigenvalue weighted by molar-refractivity contribution is 5.99. The molecule has 214 valence electrons. The number of morpholine rings is 1. The number of nitrogens with zero attached hydrogens (tertiary/aromatic N) is 3. The molecule has 3 aliphatic heterocycles. The van der Waals surface area contributed by atoms with Crippen LogP contribution in [0.15, 0.2) is 24.3 Å². The number of Topliss-reactive ketones (excluding diaryl/α,β-unsaturated/α-hetero) is 1. The van der Waals surface area contributed by atoms with E-state index in [9.17, 15) is 24.3 Å². The summed E-state index contributed by atoms with van der Waals surface area (Å²) in [5.74, 6) is -1.69. The molecule has 4 unspecified atom stereocenters. The Hall–Kier alpha value is -2.98. The number of amides is 3. The zero-order valence-electron chi connectivity index (χ0n) is 23.5. The van der Waals surface area contributed by atoms with Crippen LogP contribution in [0, 0.1) is 17.8 Å². The number of hydrazine groups is 1. The van der Waals surface area contributed by atoms with E-state index in [1.165, 1.54) is 10.0 Å². The average Bonchev–Trinajstić information content (AvgIpc) is 3.48. The monoisotopic (exact) mass is 542 g/mol. The van der Waals surface area contributed by atoms with Gasteiger partial charge in [-0.1, -0.05) is 27.7 Å². The number of aliphatic hydroxyl groups is 1. The minimum atomic E-state index is -1.12. The van der Waals surface area contributed by atoms with Gasteiger partial charge in [0, 0.05) is 37.3 Å². The number of hydrogen-bond acceptors (Lipinski definition) is 7. The molecule has 39 heavy (non-hydrogen) atoms. The molecule has 2 N–H and O–H groups in total. The number of aliphatic hydroxyl groups excluding tert-OH is 1. The van der Waals surface area contributed by atoms with Crippen LogP contribution in [0.4, 0.5) is 5.69 Å². The Bertz CT molecular complexity index is 1050. The number of carbonyl (C=O) groups excluding carboxylic acids is 4. The maximum absolute atomic E-state index is 13.7. The number of anilines is 1. The van der Waals surface area contributed by atoms with Crippen LogP contribution >= 0.6 is 0 Å². The molecule has 3 fully saturated rings. The van der Waals surface area contributed by atoms with Gasteiger partial charge in [-0.3, -0.25) is 19.2 Å². The lowest BCUT2D eigenvalue weighted by molar-refractivity contribution is -0.158. The number of hydrogen-bond donors (Lipinski definition) is 2. The molecule has 0 spiro atoms. The minimum Gasteiger partial charge on any atom is -0.385 e. The van der Waals surface area contributed by atoms with Crippen LogP contribution in [0.3, 0.4) is 0 Å². The number of ketones is 1. The van der Waals surface area contributed by atoms with Crippen LogP contribution in [0.25, 0.3) is 0 Å². The second-order valence-corrected chi connectivity index (χ2v) is 11.7. The van der Waals surface area contributed by atoms with Crippen LogP contribution < -0.4 is 10.2 Å². The van der Waals surface area contributed by atoms with E-state index < -0.39 is 24.1 Å². The van der Waals surface area contributed by atoms with Gasteiger partial charge in [-0.25, -0.2) is 10.0 Å². The molecule has 10 nitrogen and oxygen atoms in total. The van der Waals surface area contributed by atoms with Crippen LogP contribution in [0.5, 0.6) is 0 Å². The third kappa shape index (κ3) is 6.61. The van der Waals surface area contributed by atoms with Gasteiger partial charge in [-0.2, -0.15) is 0 Å². The Morgan fingerprint density at radius 2 is 1.64 bits per heavy atom. The van der Waals surface area contributed by atoms with Gasteiger partial charge in [-0.15, -0.1) is 0 Å². The van der Waals surface area contributed by atoms with Crippen LogP contribution in [0.1, 0.15) is 63.7 Å². The predicted octanol–water partition coefficient (Wildman–Crippen LogP) is 2.01. The molecule has 4 atom stereocenters. The maximum atomic E-state index is 13.7. The van der Waals surface area contributed by atoms with E-state index in [0.29, 0.717) is 38.0 Å². The van der Waals surface area contributed by atoms with Crippen molar-refractivity contribution in [1.29, 1.82) is 0 Å². The molecule has 3 aliphatic rings. The molecule has 10 heteroatoms. The first kappa shape index (κ1) is 29.0. The van der Waals surface area contributed by atoms with Gasteiger partial charge in [0.1, 0.15) is 12.1 Å². The highest BCUT2D eigenvalue weighted by atomic mass is 16.5. The first-order valence-electron chi connectivity index (χ1n) is 14.2. The van der Waals surface area contributed by atoms with Crippen molar-refractivity contribution < 1.29 is 29.0 Å². The first-order valence-corrected chi connectivity index (χ1v) is 14.2. The summed E-state index contributed by atoms with van der Waals surface area (Å²) in [6, 6.07) is 6.05. The Kier molecular flexibility index (Phi) is 9.27. The second kappa shape index (κ2) is 12.5. The molecule has 1 aromatic rings. The molecule has 0 aliphatic carbocycles. The molecule has 0 aromatic heterocycles. The largest absolute Gasteiger partial charge is 0.385 e. The molecule has 1 aromatic carbocycles. The van der Waals surface area contributed by atoms with E-state index >= 15 is 0 Å². The molecule has 0 radical (unpaired) electrons. The van der Waals surface area contributed by atoms with Gasteiger partial charge in [0.15, 0.2) is 5.78 Å². The smallest absolute Gasteiger partial charge is 0.263 e. The molecule has 3 amide bonds. The molecule has 0 saturated carbocycles. The summed E-state index contributed by atoms with van der Waals surface area (Å²) >= 11 is 0.